The van der Waals surface area contributed by atoms with Gasteiger partial charge in [-0.05, 0) is 12.1 Å². The molecule has 0 atom stereocenters. The Bertz CT molecular complexity index is 575. The second-order valence-electron chi connectivity index (χ2n) is 4.64. The summed E-state index contributed by atoms with van der Waals surface area (Å²) in [6, 6.07) is 5.55. The van der Waals surface area contributed by atoms with Crippen LogP contribution in [0.25, 0.3) is 0 Å². The lowest BCUT2D eigenvalue weighted by Gasteiger charge is -2.35. The first-order valence-corrected chi connectivity index (χ1v) is 7.37. The van der Waals surface area contributed by atoms with E-state index in [1.807, 2.05) is 4.90 Å². The van der Waals surface area contributed by atoms with E-state index in [-0.39, 0.29) is 6.03 Å². The zero-order valence-electron chi connectivity index (χ0n) is 11.5. The fourth-order valence-corrected chi connectivity index (χ4v) is 2.28. The maximum absolute atomic E-state index is 11.9. The van der Waals surface area contributed by atoms with E-state index in [0.29, 0.717) is 44.1 Å². The zero-order chi connectivity index (χ0) is 15.2. The molecule has 2 heterocycles. The Balaban J connectivity index is 1.93. The van der Waals surface area contributed by atoms with Crippen molar-refractivity contribution in [2.75, 3.05) is 37.6 Å². The monoisotopic (exact) mass is 349 g/mol. The number of aromatic nitrogens is 1. The van der Waals surface area contributed by atoms with Crippen molar-refractivity contribution in [2.45, 2.75) is 0 Å². The van der Waals surface area contributed by atoms with Crippen molar-refractivity contribution in [3.05, 3.63) is 35.0 Å². The minimum atomic E-state index is -0.100. The van der Waals surface area contributed by atoms with E-state index in [0.717, 1.165) is 4.48 Å². The number of amides is 2. The van der Waals surface area contributed by atoms with Gasteiger partial charge in [0.15, 0.2) is 0 Å². The van der Waals surface area contributed by atoms with Crippen molar-refractivity contribution in [2.24, 2.45) is 0 Å². The highest BCUT2D eigenvalue weighted by Crippen LogP contribution is 2.17. The van der Waals surface area contributed by atoms with E-state index >= 15 is 0 Å². The van der Waals surface area contributed by atoms with E-state index in [4.69, 9.17) is 5.26 Å². The van der Waals surface area contributed by atoms with Gasteiger partial charge in [0, 0.05) is 36.9 Å². The molecule has 1 aromatic heterocycles. The molecule has 0 unspecified atom stereocenters. The molecule has 1 aromatic rings. The summed E-state index contributed by atoms with van der Waals surface area (Å²) in [6.07, 6.45) is 1.68. The van der Waals surface area contributed by atoms with Crippen molar-refractivity contribution >= 4 is 27.8 Å². The molecule has 2 amide bonds. The Morgan fingerprint density at radius 1 is 1.48 bits per heavy atom. The van der Waals surface area contributed by atoms with Gasteiger partial charge in [0.25, 0.3) is 0 Å². The van der Waals surface area contributed by atoms with Crippen molar-refractivity contribution in [3.63, 3.8) is 0 Å². The van der Waals surface area contributed by atoms with Crippen molar-refractivity contribution < 1.29 is 4.79 Å². The van der Waals surface area contributed by atoms with Gasteiger partial charge in [-0.15, -0.1) is 0 Å². The smallest absolute Gasteiger partial charge is 0.317 e. The van der Waals surface area contributed by atoms with Gasteiger partial charge in [-0.3, -0.25) is 0 Å². The van der Waals surface area contributed by atoms with E-state index < -0.39 is 0 Å². The van der Waals surface area contributed by atoms with Crippen molar-refractivity contribution in [1.29, 1.82) is 5.26 Å². The standard InChI is InChI=1S/C14H16BrN5O/c1-11(15)10-18-14(21)20-7-5-19(6-8-20)13-12(9-16)3-2-4-17-13/h2-4H,1,5-8,10H2,(H,18,21). The molecule has 6 nitrogen and oxygen atoms in total. The number of carbonyl (C=O) groups excluding carboxylic acids is 1. The third-order valence-corrected chi connectivity index (χ3v) is 3.49. The molecule has 0 radical (unpaired) electrons. The molecule has 0 aliphatic carbocycles. The molecule has 1 saturated heterocycles. The van der Waals surface area contributed by atoms with Crippen LogP contribution in [0.3, 0.4) is 0 Å². The summed E-state index contributed by atoms with van der Waals surface area (Å²) in [6.45, 7) is 6.61. The Morgan fingerprint density at radius 2 is 2.19 bits per heavy atom. The molecule has 1 fully saturated rings. The summed E-state index contributed by atoms with van der Waals surface area (Å²) >= 11 is 3.21. The van der Waals surface area contributed by atoms with Crippen LogP contribution in [-0.2, 0) is 0 Å². The Hall–Kier alpha value is -2.07. The number of nitriles is 1. The number of carbonyl (C=O) groups is 1. The summed E-state index contributed by atoms with van der Waals surface area (Å²) in [7, 11) is 0. The Morgan fingerprint density at radius 3 is 2.81 bits per heavy atom. The predicted molar refractivity (Wildman–Crippen MR) is 84.2 cm³/mol. The Labute approximate surface area is 132 Å². The van der Waals surface area contributed by atoms with E-state index in [1.165, 1.54) is 0 Å². The molecule has 0 aromatic carbocycles. The molecule has 0 spiro atoms. The summed E-state index contributed by atoms with van der Waals surface area (Å²) in [4.78, 5) is 20.0. The highest BCUT2D eigenvalue weighted by atomic mass is 79.9. The first-order chi connectivity index (χ1) is 10.1. The minimum Gasteiger partial charge on any atom is -0.352 e. The number of hydrogen-bond acceptors (Lipinski definition) is 4. The van der Waals surface area contributed by atoms with Gasteiger partial charge in [0.1, 0.15) is 11.9 Å². The van der Waals surface area contributed by atoms with Crippen LogP contribution in [0, 0.1) is 11.3 Å². The lowest BCUT2D eigenvalue weighted by molar-refractivity contribution is 0.195. The number of pyridine rings is 1. The summed E-state index contributed by atoms with van der Waals surface area (Å²) in [5.74, 6) is 0.689. The molecular formula is C14H16BrN5O. The number of hydrogen-bond donors (Lipinski definition) is 1. The van der Waals surface area contributed by atoms with Gasteiger partial charge < -0.3 is 15.1 Å². The maximum Gasteiger partial charge on any atom is 0.317 e. The van der Waals surface area contributed by atoms with Crippen LogP contribution in [0.2, 0.25) is 0 Å². The quantitative estimate of drug-likeness (QED) is 0.901. The predicted octanol–water partition coefficient (Wildman–Crippen LogP) is 1.69. The minimum absolute atomic E-state index is 0.100. The molecule has 1 aliphatic heterocycles. The topological polar surface area (TPSA) is 72.3 Å². The van der Waals surface area contributed by atoms with Crippen LogP contribution >= 0.6 is 15.9 Å². The Kier molecular flexibility index (Phi) is 5.17. The average molecular weight is 350 g/mol. The molecule has 7 heteroatoms. The van der Waals surface area contributed by atoms with E-state index in [9.17, 15) is 4.79 Å². The number of nitrogens with one attached hydrogen (secondary N) is 1. The molecular weight excluding hydrogens is 334 g/mol. The fraction of sp³-hybridized carbons (Fsp3) is 0.357. The highest BCUT2D eigenvalue weighted by molar-refractivity contribution is 9.11. The maximum atomic E-state index is 11.9. The van der Waals surface area contributed by atoms with E-state index in [1.54, 1.807) is 23.2 Å². The molecule has 1 aliphatic rings. The normalized spacial score (nSPS) is 14.5. The third-order valence-electron chi connectivity index (χ3n) is 3.20. The van der Waals surface area contributed by atoms with Gasteiger partial charge in [-0.1, -0.05) is 22.5 Å². The molecule has 0 bridgehead atoms. The van der Waals surface area contributed by atoms with Gasteiger partial charge in [-0.2, -0.15) is 5.26 Å². The van der Waals surface area contributed by atoms with Crippen LogP contribution in [0.5, 0.6) is 0 Å². The number of rotatable bonds is 3. The third kappa shape index (κ3) is 3.95. The van der Waals surface area contributed by atoms with Crippen LogP contribution in [-0.4, -0.2) is 48.6 Å². The average Bonchev–Trinajstić information content (AvgIpc) is 2.52. The molecule has 21 heavy (non-hydrogen) atoms. The lowest BCUT2D eigenvalue weighted by atomic mass is 10.2. The molecule has 2 rings (SSSR count). The number of halogens is 1. The van der Waals surface area contributed by atoms with Crippen molar-refractivity contribution in [3.8, 4) is 6.07 Å². The first-order valence-electron chi connectivity index (χ1n) is 6.58. The van der Waals surface area contributed by atoms with Crippen LogP contribution in [0.1, 0.15) is 5.56 Å². The van der Waals surface area contributed by atoms with Crippen LogP contribution in [0.4, 0.5) is 10.6 Å². The number of nitrogens with zero attached hydrogens (tertiary/aromatic N) is 4. The lowest BCUT2D eigenvalue weighted by Crippen LogP contribution is -2.52. The van der Waals surface area contributed by atoms with Gasteiger partial charge in [0.2, 0.25) is 0 Å². The summed E-state index contributed by atoms with van der Waals surface area (Å²) in [5.41, 5.74) is 0.561. The number of urea groups is 1. The SMILES string of the molecule is C=C(Br)CNC(=O)N1CCN(c2ncccc2C#N)CC1. The summed E-state index contributed by atoms with van der Waals surface area (Å²) < 4.78 is 0.738. The largest absolute Gasteiger partial charge is 0.352 e. The van der Waals surface area contributed by atoms with Gasteiger partial charge in [-0.25, -0.2) is 9.78 Å². The fourth-order valence-electron chi connectivity index (χ4n) is 2.14. The second-order valence-corrected chi connectivity index (χ2v) is 5.76. The van der Waals surface area contributed by atoms with Gasteiger partial charge in [0.05, 0.1) is 12.1 Å². The molecule has 1 N–H and O–H groups in total. The van der Waals surface area contributed by atoms with Crippen LogP contribution < -0.4 is 10.2 Å². The van der Waals surface area contributed by atoms with Crippen LogP contribution in [0.15, 0.2) is 29.4 Å². The molecule has 0 saturated carbocycles. The highest BCUT2D eigenvalue weighted by Gasteiger charge is 2.23. The first kappa shape index (κ1) is 15.3. The number of anilines is 1. The van der Waals surface area contributed by atoms with E-state index in [2.05, 4.69) is 38.9 Å². The number of piperazine rings is 1. The van der Waals surface area contributed by atoms with Crippen molar-refractivity contribution in [1.82, 2.24) is 15.2 Å². The summed E-state index contributed by atoms with van der Waals surface area (Å²) in [5, 5.41) is 11.9. The molecule has 110 valence electrons. The zero-order valence-corrected chi connectivity index (χ0v) is 13.1. The van der Waals surface area contributed by atoms with Gasteiger partial charge >= 0.3 is 6.03 Å². The second kappa shape index (κ2) is 7.09.